The van der Waals surface area contributed by atoms with E-state index < -0.39 is 0 Å². The van der Waals surface area contributed by atoms with E-state index in [1.165, 1.54) is 25.3 Å². The van der Waals surface area contributed by atoms with Crippen LogP contribution in [-0.2, 0) is 19.1 Å². The smallest absolute Gasteiger partial charge is 0.331 e. The van der Waals surface area contributed by atoms with Crippen LogP contribution in [0.1, 0.15) is 84.1 Å². The number of unbranched alkanes of at least 4 members (excludes halogenated alkanes) is 3. The van der Waals surface area contributed by atoms with Crippen molar-refractivity contribution in [2.24, 2.45) is 5.92 Å². The topological polar surface area (TPSA) is 61.8 Å². The fourth-order valence-electron chi connectivity index (χ4n) is 3.48. The van der Waals surface area contributed by atoms with Crippen LogP contribution < -0.4 is 4.74 Å². The summed E-state index contributed by atoms with van der Waals surface area (Å²) in [7, 11) is 0. The first-order chi connectivity index (χ1) is 15.0. The molecule has 0 bridgehead atoms. The van der Waals surface area contributed by atoms with Crippen LogP contribution in [0.3, 0.4) is 0 Å². The monoisotopic (exact) mass is 430 g/mol. The van der Waals surface area contributed by atoms with Gasteiger partial charge in [-0.1, -0.05) is 52.2 Å². The van der Waals surface area contributed by atoms with Gasteiger partial charge in [-0.3, -0.25) is 4.79 Å². The number of esters is 2. The summed E-state index contributed by atoms with van der Waals surface area (Å²) in [5.41, 5.74) is 0.927. The standard InChI is InChI=1S/C26H38O5/c1-4-6-7-8-19-29-22-12-9-21(10-13-22)11-18-25(27)30-23-14-16-24(17-15-23)31-26(28)20(3)5-2/h9-13,18,20,23-24H,4-8,14-17,19H2,1-3H3/b18-11+/t20?,23-,24-. The average molecular weight is 431 g/mol. The van der Waals surface area contributed by atoms with Crippen LogP contribution in [0.15, 0.2) is 30.3 Å². The van der Waals surface area contributed by atoms with Gasteiger partial charge >= 0.3 is 11.9 Å². The summed E-state index contributed by atoms with van der Waals surface area (Å²) in [4.78, 5) is 24.1. The van der Waals surface area contributed by atoms with E-state index in [-0.39, 0.29) is 30.1 Å². The molecule has 1 unspecified atom stereocenters. The minimum Gasteiger partial charge on any atom is -0.494 e. The Kier molecular flexibility index (Phi) is 11.2. The van der Waals surface area contributed by atoms with E-state index in [2.05, 4.69) is 6.92 Å². The summed E-state index contributed by atoms with van der Waals surface area (Å²) < 4.78 is 16.8. The molecule has 0 heterocycles. The highest BCUT2D eigenvalue weighted by molar-refractivity contribution is 5.87. The van der Waals surface area contributed by atoms with E-state index in [1.54, 1.807) is 6.08 Å². The van der Waals surface area contributed by atoms with Gasteiger partial charge in [0.2, 0.25) is 0 Å². The van der Waals surface area contributed by atoms with Crippen molar-refractivity contribution >= 4 is 18.0 Å². The summed E-state index contributed by atoms with van der Waals surface area (Å²) in [6.45, 7) is 6.80. The minimum absolute atomic E-state index is 0.0561. The second-order valence-corrected chi connectivity index (χ2v) is 8.39. The van der Waals surface area contributed by atoms with Crippen molar-refractivity contribution in [3.05, 3.63) is 35.9 Å². The Morgan fingerprint density at radius 1 is 0.968 bits per heavy atom. The lowest BCUT2D eigenvalue weighted by Gasteiger charge is -2.28. The van der Waals surface area contributed by atoms with Gasteiger partial charge in [0, 0.05) is 6.08 Å². The van der Waals surface area contributed by atoms with Crippen LogP contribution in [-0.4, -0.2) is 30.8 Å². The van der Waals surface area contributed by atoms with E-state index in [1.807, 2.05) is 38.1 Å². The summed E-state index contributed by atoms with van der Waals surface area (Å²) in [6, 6.07) is 7.71. The third kappa shape index (κ3) is 9.58. The molecule has 1 aromatic rings. The number of ether oxygens (including phenoxy) is 3. The highest BCUT2D eigenvalue weighted by atomic mass is 16.6. The van der Waals surface area contributed by atoms with Crippen molar-refractivity contribution in [3.63, 3.8) is 0 Å². The molecule has 0 spiro atoms. The molecule has 0 saturated heterocycles. The van der Waals surface area contributed by atoms with Gasteiger partial charge in [0.05, 0.1) is 12.5 Å². The molecule has 0 amide bonds. The van der Waals surface area contributed by atoms with Crippen molar-refractivity contribution in [1.82, 2.24) is 0 Å². The van der Waals surface area contributed by atoms with Crippen LogP contribution >= 0.6 is 0 Å². The molecule has 5 heteroatoms. The summed E-state index contributed by atoms with van der Waals surface area (Å²) in [5, 5.41) is 0. The SMILES string of the molecule is CCCCCCOc1ccc(/C=C/C(=O)O[C@H]2CC[C@H](OC(=O)C(C)CC)CC2)cc1. The fraction of sp³-hybridized carbons (Fsp3) is 0.615. The molecule has 1 saturated carbocycles. The molecule has 31 heavy (non-hydrogen) atoms. The molecule has 0 N–H and O–H groups in total. The normalized spacial score (nSPS) is 19.7. The van der Waals surface area contributed by atoms with E-state index in [4.69, 9.17) is 14.2 Å². The van der Waals surface area contributed by atoms with E-state index >= 15 is 0 Å². The lowest BCUT2D eigenvalue weighted by atomic mass is 9.94. The van der Waals surface area contributed by atoms with Crippen molar-refractivity contribution in [1.29, 1.82) is 0 Å². The maximum atomic E-state index is 12.1. The molecule has 0 aliphatic heterocycles. The fourth-order valence-corrected chi connectivity index (χ4v) is 3.48. The zero-order valence-electron chi connectivity index (χ0n) is 19.3. The predicted octanol–water partition coefficient (Wildman–Crippen LogP) is 6.10. The maximum absolute atomic E-state index is 12.1. The van der Waals surface area contributed by atoms with Crippen LogP contribution in [0, 0.1) is 5.92 Å². The number of carbonyl (C=O) groups excluding carboxylic acids is 2. The second-order valence-electron chi connectivity index (χ2n) is 8.39. The first-order valence-corrected chi connectivity index (χ1v) is 11.8. The van der Waals surface area contributed by atoms with Crippen molar-refractivity contribution in [2.75, 3.05) is 6.61 Å². The van der Waals surface area contributed by atoms with Gasteiger partial charge < -0.3 is 14.2 Å². The molecule has 1 aliphatic rings. The average Bonchev–Trinajstić information content (AvgIpc) is 2.79. The Balaban J connectivity index is 1.67. The highest BCUT2D eigenvalue weighted by Crippen LogP contribution is 2.25. The van der Waals surface area contributed by atoms with Gasteiger partial charge in [0.15, 0.2) is 0 Å². The summed E-state index contributed by atoms with van der Waals surface area (Å²) >= 11 is 0. The largest absolute Gasteiger partial charge is 0.494 e. The van der Waals surface area contributed by atoms with Gasteiger partial charge in [-0.15, -0.1) is 0 Å². The van der Waals surface area contributed by atoms with Crippen LogP contribution in [0.5, 0.6) is 5.75 Å². The molecule has 1 fully saturated rings. The van der Waals surface area contributed by atoms with Gasteiger partial charge in [0.25, 0.3) is 0 Å². The highest BCUT2D eigenvalue weighted by Gasteiger charge is 2.26. The minimum atomic E-state index is -0.337. The van der Waals surface area contributed by atoms with Gasteiger partial charge in [-0.2, -0.15) is 0 Å². The lowest BCUT2D eigenvalue weighted by Crippen LogP contribution is -2.30. The Bertz CT molecular complexity index is 686. The molecule has 1 aromatic carbocycles. The van der Waals surface area contributed by atoms with Crippen molar-refractivity contribution in [3.8, 4) is 5.75 Å². The van der Waals surface area contributed by atoms with E-state index in [0.717, 1.165) is 56.4 Å². The molecule has 0 radical (unpaired) electrons. The molecule has 1 atom stereocenters. The van der Waals surface area contributed by atoms with E-state index in [9.17, 15) is 9.59 Å². The van der Waals surface area contributed by atoms with Crippen LogP contribution in [0.4, 0.5) is 0 Å². The van der Waals surface area contributed by atoms with E-state index in [0.29, 0.717) is 0 Å². The van der Waals surface area contributed by atoms with Crippen LogP contribution in [0.2, 0.25) is 0 Å². The molecule has 0 aromatic heterocycles. The lowest BCUT2D eigenvalue weighted by molar-refractivity contribution is -0.159. The first kappa shape index (κ1) is 25.0. The second kappa shape index (κ2) is 13.9. The Hall–Kier alpha value is -2.30. The number of carbonyl (C=O) groups is 2. The summed E-state index contributed by atoms with van der Waals surface area (Å²) in [6.07, 6.45) is 11.5. The molecule has 2 rings (SSSR count). The number of rotatable bonds is 12. The van der Waals surface area contributed by atoms with Gasteiger partial charge in [0.1, 0.15) is 18.0 Å². The third-order valence-electron chi connectivity index (χ3n) is 5.76. The maximum Gasteiger partial charge on any atom is 0.331 e. The molecule has 1 aliphatic carbocycles. The Labute approximate surface area is 187 Å². The van der Waals surface area contributed by atoms with Crippen LogP contribution in [0.25, 0.3) is 6.08 Å². The molecular formula is C26H38O5. The molecule has 5 nitrogen and oxygen atoms in total. The zero-order valence-corrected chi connectivity index (χ0v) is 19.3. The third-order valence-corrected chi connectivity index (χ3v) is 5.76. The zero-order chi connectivity index (χ0) is 22.5. The quantitative estimate of drug-likeness (QED) is 0.228. The summed E-state index contributed by atoms with van der Waals surface area (Å²) in [5.74, 6) is 0.323. The number of hydrogen-bond acceptors (Lipinski definition) is 5. The first-order valence-electron chi connectivity index (χ1n) is 11.8. The van der Waals surface area contributed by atoms with Crippen molar-refractivity contribution in [2.45, 2.75) is 90.8 Å². The van der Waals surface area contributed by atoms with Gasteiger partial charge in [-0.05, 0) is 62.3 Å². The van der Waals surface area contributed by atoms with Gasteiger partial charge in [-0.25, -0.2) is 4.79 Å². The Morgan fingerprint density at radius 2 is 1.61 bits per heavy atom. The molecule has 172 valence electrons. The number of benzene rings is 1. The predicted molar refractivity (Wildman–Crippen MR) is 123 cm³/mol. The van der Waals surface area contributed by atoms with Crippen molar-refractivity contribution < 1.29 is 23.8 Å². The number of hydrogen-bond donors (Lipinski definition) is 0. The molecular weight excluding hydrogens is 392 g/mol. The Morgan fingerprint density at radius 3 is 2.23 bits per heavy atom.